The molecule has 0 saturated heterocycles. The molecule has 0 heterocycles. The molecule has 0 aliphatic carbocycles. The highest BCUT2D eigenvalue weighted by Crippen LogP contribution is 2.24. The highest BCUT2D eigenvalue weighted by atomic mass is 19.1. The SMILES string of the molecule is [C-]#[N+]C(C)c1ccc(F)c([N+](=O)[O-])c1. The van der Waals surface area contributed by atoms with Gasteiger partial charge in [-0.15, -0.1) is 0 Å². The Bertz CT molecular complexity index is 412. The topological polar surface area (TPSA) is 47.5 Å². The predicted molar refractivity (Wildman–Crippen MR) is 48.1 cm³/mol. The van der Waals surface area contributed by atoms with Crippen LogP contribution in [-0.4, -0.2) is 4.92 Å². The van der Waals surface area contributed by atoms with Gasteiger partial charge in [0.05, 0.1) is 4.92 Å². The number of hydrogen-bond acceptors (Lipinski definition) is 2. The molecular formula is C9H7FN2O2. The molecule has 0 N–H and O–H groups in total. The van der Waals surface area contributed by atoms with Crippen LogP contribution < -0.4 is 0 Å². The van der Waals surface area contributed by atoms with Gasteiger partial charge in [-0.25, -0.2) is 6.57 Å². The van der Waals surface area contributed by atoms with Crippen molar-refractivity contribution in [2.24, 2.45) is 0 Å². The van der Waals surface area contributed by atoms with Crippen molar-refractivity contribution in [3.8, 4) is 0 Å². The Kier molecular flexibility index (Phi) is 2.77. The van der Waals surface area contributed by atoms with Crippen molar-refractivity contribution in [2.75, 3.05) is 0 Å². The van der Waals surface area contributed by atoms with Gasteiger partial charge in [0.2, 0.25) is 11.9 Å². The number of halogens is 1. The smallest absolute Gasteiger partial charge is 0.305 e. The number of hydrogen-bond donors (Lipinski definition) is 0. The van der Waals surface area contributed by atoms with Gasteiger partial charge in [-0.05, 0) is 12.1 Å². The number of nitrogens with zero attached hydrogens (tertiary/aromatic N) is 2. The van der Waals surface area contributed by atoms with Crippen LogP contribution >= 0.6 is 0 Å². The Morgan fingerprint density at radius 1 is 1.64 bits per heavy atom. The van der Waals surface area contributed by atoms with Gasteiger partial charge in [0.25, 0.3) is 0 Å². The van der Waals surface area contributed by atoms with E-state index in [2.05, 4.69) is 4.85 Å². The van der Waals surface area contributed by atoms with Crippen LogP contribution in [0.2, 0.25) is 0 Å². The van der Waals surface area contributed by atoms with Crippen LogP contribution in [0.4, 0.5) is 10.1 Å². The molecule has 1 unspecified atom stereocenters. The summed E-state index contributed by atoms with van der Waals surface area (Å²) in [5.41, 5.74) is -0.133. The summed E-state index contributed by atoms with van der Waals surface area (Å²) in [5, 5.41) is 10.4. The van der Waals surface area contributed by atoms with E-state index >= 15 is 0 Å². The summed E-state index contributed by atoms with van der Waals surface area (Å²) in [7, 11) is 0. The van der Waals surface area contributed by atoms with Crippen LogP contribution in [0, 0.1) is 22.5 Å². The monoisotopic (exact) mass is 194 g/mol. The Hall–Kier alpha value is -1.96. The zero-order chi connectivity index (χ0) is 10.7. The maximum Gasteiger partial charge on any atom is 0.305 e. The quantitative estimate of drug-likeness (QED) is 0.413. The molecule has 0 radical (unpaired) electrons. The minimum absolute atomic E-state index is 0.452. The lowest BCUT2D eigenvalue weighted by Gasteiger charge is -1.99. The molecule has 0 aliphatic heterocycles. The number of nitro groups is 1. The van der Waals surface area contributed by atoms with E-state index in [1.165, 1.54) is 6.07 Å². The van der Waals surface area contributed by atoms with Crippen LogP contribution in [0.5, 0.6) is 0 Å². The Morgan fingerprint density at radius 3 is 2.79 bits per heavy atom. The van der Waals surface area contributed by atoms with E-state index < -0.39 is 22.5 Å². The second-order valence-corrected chi connectivity index (χ2v) is 2.77. The van der Waals surface area contributed by atoms with Crippen molar-refractivity contribution in [2.45, 2.75) is 13.0 Å². The first-order valence-corrected chi connectivity index (χ1v) is 3.86. The third-order valence-corrected chi connectivity index (χ3v) is 1.84. The fourth-order valence-electron chi connectivity index (χ4n) is 1.00. The molecule has 0 aliphatic rings. The molecule has 1 aromatic rings. The fourth-order valence-corrected chi connectivity index (χ4v) is 1.00. The first-order chi connectivity index (χ1) is 6.56. The molecule has 14 heavy (non-hydrogen) atoms. The van der Waals surface area contributed by atoms with Crippen molar-refractivity contribution in [1.82, 2.24) is 0 Å². The van der Waals surface area contributed by atoms with E-state index in [0.717, 1.165) is 12.1 Å². The third-order valence-electron chi connectivity index (χ3n) is 1.84. The van der Waals surface area contributed by atoms with E-state index in [9.17, 15) is 14.5 Å². The van der Waals surface area contributed by atoms with E-state index in [4.69, 9.17) is 6.57 Å². The minimum Gasteiger partial charge on any atom is -0.309 e. The van der Waals surface area contributed by atoms with E-state index in [0.29, 0.717) is 5.56 Å². The summed E-state index contributed by atoms with van der Waals surface area (Å²) in [4.78, 5) is 12.8. The number of benzene rings is 1. The standard InChI is InChI=1S/C9H7FN2O2/c1-6(11-2)7-3-4-8(10)9(5-7)12(13)14/h3-6H,1H3. The van der Waals surface area contributed by atoms with Gasteiger partial charge in [-0.2, -0.15) is 4.39 Å². The summed E-state index contributed by atoms with van der Waals surface area (Å²) in [6.07, 6.45) is 0. The molecule has 4 nitrogen and oxygen atoms in total. The highest BCUT2D eigenvalue weighted by molar-refractivity contribution is 5.38. The van der Waals surface area contributed by atoms with Gasteiger partial charge in [0.15, 0.2) is 0 Å². The second kappa shape index (κ2) is 3.83. The average Bonchev–Trinajstić information content (AvgIpc) is 2.17. The van der Waals surface area contributed by atoms with E-state index in [-0.39, 0.29) is 0 Å². The van der Waals surface area contributed by atoms with Crippen LogP contribution in [0.3, 0.4) is 0 Å². The fraction of sp³-hybridized carbons (Fsp3) is 0.222. The van der Waals surface area contributed by atoms with Crippen molar-refractivity contribution in [1.29, 1.82) is 0 Å². The van der Waals surface area contributed by atoms with E-state index in [1.54, 1.807) is 6.92 Å². The summed E-state index contributed by atoms with van der Waals surface area (Å²) in [5.74, 6) is -0.879. The van der Waals surface area contributed by atoms with Gasteiger partial charge in [0.1, 0.15) is 0 Å². The molecule has 0 aromatic heterocycles. The first kappa shape index (κ1) is 10.1. The molecule has 0 saturated carbocycles. The van der Waals surface area contributed by atoms with Crippen molar-refractivity contribution in [3.63, 3.8) is 0 Å². The normalized spacial score (nSPS) is 11.8. The molecule has 1 aromatic carbocycles. The lowest BCUT2D eigenvalue weighted by atomic mass is 10.1. The van der Waals surface area contributed by atoms with E-state index in [1.807, 2.05) is 0 Å². The Morgan fingerprint density at radius 2 is 2.29 bits per heavy atom. The third kappa shape index (κ3) is 1.85. The maximum absolute atomic E-state index is 12.9. The minimum atomic E-state index is -0.879. The molecule has 1 atom stereocenters. The molecule has 0 fully saturated rings. The van der Waals surface area contributed by atoms with Gasteiger partial charge < -0.3 is 4.85 Å². The average molecular weight is 194 g/mol. The molecule has 72 valence electrons. The maximum atomic E-state index is 12.9. The predicted octanol–water partition coefficient (Wildman–Crippen LogP) is 2.71. The summed E-state index contributed by atoms with van der Waals surface area (Å²) >= 11 is 0. The summed E-state index contributed by atoms with van der Waals surface area (Å²) in [6, 6.07) is 2.99. The Balaban J connectivity index is 3.21. The number of nitro benzene ring substituents is 1. The summed E-state index contributed by atoms with van der Waals surface area (Å²) < 4.78 is 12.9. The molecule has 0 amide bonds. The van der Waals surface area contributed by atoms with Gasteiger partial charge in [-0.1, -0.05) is 0 Å². The van der Waals surface area contributed by atoms with Crippen LogP contribution in [0.25, 0.3) is 4.85 Å². The largest absolute Gasteiger partial charge is 0.309 e. The van der Waals surface area contributed by atoms with Gasteiger partial charge in [-0.3, -0.25) is 10.1 Å². The first-order valence-electron chi connectivity index (χ1n) is 3.86. The van der Waals surface area contributed by atoms with Crippen LogP contribution in [0.1, 0.15) is 18.5 Å². The Labute approximate surface area is 79.9 Å². The number of rotatable bonds is 2. The van der Waals surface area contributed by atoms with Crippen molar-refractivity contribution < 1.29 is 9.31 Å². The molecule has 0 spiro atoms. The molecule has 1 rings (SSSR count). The molecule has 5 heteroatoms. The van der Waals surface area contributed by atoms with Crippen LogP contribution in [0.15, 0.2) is 18.2 Å². The lowest BCUT2D eigenvalue weighted by molar-refractivity contribution is -0.387. The van der Waals surface area contributed by atoms with Crippen molar-refractivity contribution in [3.05, 3.63) is 51.1 Å². The highest BCUT2D eigenvalue weighted by Gasteiger charge is 2.18. The van der Waals surface area contributed by atoms with Crippen molar-refractivity contribution >= 4 is 5.69 Å². The molecule has 0 bridgehead atoms. The zero-order valence-corrected chi connectivity index (χ0v) is 7.40. The van der Waals surface area contributed by atoms with Gasteiger partial charge >= 0.3 is 5.69 Å². The summed E-state index contributed by atoms with van der Waals surface area (Å²) in [6.45, 7) is 8.34. The van der Waals surface area contributed by atoms with Gasteiger partial charge in [0, 0.05) is 18.6 Å². The molecular weight excluding hydrogens is 187 g/mol. The lowest BCUT2D eigenvalue weighted by Crippen LogP contribution is -1.95. The zero-order valence-electron chi connectivity index (χ0n) is 7.40. The second-order valence-electron chi connectivity index (χ2n) is 2.77. The van der Waals surface area contributed by atoms with Crippen LogP contribution in [-0.2, 0) is 0 Å².